The molecule has 1 atom stereocenters. The van der Waals surface area contributed by atoms with Crippen molar-refractivity contribution >= 4 is 0 Å². The first-order valence-corrected chi connectivity index (χ1v) is 7.14. The predicted molar refractivity (Wildman–Crippen MR) is 71.4 cm³/mol. The monoisotopic (exact) mass is 309 g/mol. The highest BCUT2D eigenvalue weighted by Gasteiger charge is 2.29. The SMILES string of the molecule is CCCCCCCC(NC)c1c(F)c(F)c(F)c(F)c1F. The molecule has 1 unspecified atom stereocenters. The lowest BCUT2D eigenvalue weighted by Gasteiger charge is -2.19. The van der Waals surface area contributed by atoms with Crippen LogP contribution in [0.4, 0.5) is 22.0 Å². The fraction of sp³-hybridized carbons (Fsp3) is 0.600. The van der Waals surface area contributed by atoms with Gasteiger partial charge in [0, 0.05) is 11.6 Å². The molecule has 1 N–H and O–H groups in total. The topological polar surface area (TPSA) is 12.0 Å². The zero-order valence-electron chi connectivity index (χ0n) is 12.2. The van der Waals surface area contributed by atoms with Gasteiger partial charge in [-0.05, 0) is 13.5 Å². The quantitative estimate of drug-likeness (QED) is 0.308. The Labute approximate surface area is 121 Å². The number of benzene rings is 1. The van der Waals surface area contributed by atoms with Crippen molar-refractivity contribution in [3.63, 3.8) is 0 Å². The molecule has 0 aliphatic heterocycles. The molecule has 1 nitrogen and oxygen atoms in total. The van der Waals surface area contributed by atoms with E-state index in [1.54, 1.807) is 0 Å². The van der Waals surface area contributed by atoms with Gasteiger partial charge in [0.05, 0.1) is 0 Å². The minimum atomic E-state index is -2.12. The van der Waals surface area contributed by atoms with E-state index in [1.165, 1.54) is 7.05 Å². The van der Waals surface area contributed by atoms with E-state index in [4.69, 9.17) is 0 Å². The van der Waals surface area contributed by atoms with Crippen LogP contribution >= 0.6 is 0 Å². The molecule has 0 heterocycles. The third-order valence-electron chi connectivity index (χ3n) is 3.54. The van der Waals surface area contributed by atoms with Crippen molar-refractivity contribution in [2.24, 2.45) is 0 Å². The molecule has 1 rings (SSSR count). The first-order valence-electron chi connectivity index (χ1n) is 7.14. The van der Waals surface area contributed by atoms with Crippen LogP contribution in [0.25, 0.3) is 0 Å². The number of rotatable bonds is 8. The highest BCUT2D eigenvalue weighted by molar-refractivity contribution is 5.27. The second-order valence-corrected chi connectivity index (χ2v) is 5.03. The van der Waals surface area contributed by atoms with E-state index in [0.717, 1.165) is 25.7 Å². The fourth-order valence-corrected chi connectivity index (χ4v) is 2.31. The summed E-state index contributed by atoms with van der Waals surface area (Å²) in [5.74, 6) is -9.41. The van der Waals surface area contributed by atoms with E-state index in [2.05, 4.69) is 12.2 Å². The number of halogens is 5. The van der Waals surface area contributed by atoms with E-state index in [-0.39, 0.29) is 0 Å². The summed E-state index contributed by atoms with van der Waals surface area (Å²) >= 11 is 0. The first-order chi connectivity index (χ1) is 9.95. The van der Waals surface area contributed by atoms with Crippen molar-refractivity contribution in [1.29, 1.82) is 0 Å². The highest BCUT2D eigenvalue weighted by atomic mass is 19.2. The van der Waals surface area contributed by atoms with Crippen LogP contribution in [-0.4, -0.2) is 7.05 Å². The summed E-state index contributed by atoms with van der Waals surface area (Å²) in [6.07, 6.45) is 4.95. The summed E-state index contributed by atoms with van der Waals surface area (Å²) in [7, 11) is 1.44. The molecule has 6 heteroatoms. The lowest BCUT2D eigenvalue weighted by atomic mass is 9.98. The Bertz CT molecular complexity index is 447. The van der Waals surface area contributed by atoms with Crippen LogP contribution in [0.1, 0.15) is 57.1 Å². The van der Waals surface area contributed by atoms with E-state index in [1.807, 2.05) is 0 Å². The molecule has 1 aromatic rings. The smallest absolute Gasteiger partial charge is 0.200 e. The van der Waals surface area contributed by atoms with Gasteiger partial charge in [-0.2, -0.15) is 0 Å². The van der Waals surface area contributed by atoms with Gasteiger partial charge in [-0.1, -0.05) is 39.0 Å². The van der Waals surface area contributed by atoms with Crippen LogP contribution in [0.3, 0.4) is 0 Å². The molecule has 0 aliphatic rings. The molecule has 0 aromatic heterocycles. The van der Waals surface area contributed by atoms with Gasteiger partial charge in [0.2, 0.25) is 5.82 Å². The minimum Gasteiger partial charge on any atom is -0.313 e. The largest absolute Gasteiger partial charge is 0.313 e. The minimum absolute atomic E-state index is 0.318. The van der Waals surface area contributed by atoms with Gasteiger partial charge in [-0.3, -0.25) is 0 Å². The third kappa shape index (κ3) is 4.15. The van der Waals surface area contributed by atoms with Crippen LogP contribution in [-0.2, 0) is 0 Å². The van der Waals surface area contributed by atoms with Crippen molar-refractivity contribution in [2.75, 3.05) is 7.05 Å². The van der Waals surface area contributed by atoms with Crippen molar-refractivity contribution in [3.8, 4) is 0 Å². The zero-order valence-corrected chi connectivity index (χ0v) is 12.2. The Hall–Kier alpha value is -1.17. The summed E-state index contributed by atoms with van der Waals surface area (Å²) in [6.45, 7) is 2.06. The number of nitrogens with one attached hydrogen (secondary N) is 1. The van der Waals surface area contributed by atoms with Crippen LogP contribution < -0.4 is 5.32 Å². The molecule has 0 saturated carbocycles. The Morgan fingerprint density at radius 1 is 0.762 bits per heavy atom. The summed E-state index contributed by atoms with van der Waals surface area (Å²) in [5, 5.41) is 2.63. The molecule has 0 saturated heterocycles. The molecular weight excluding hydrogens is 289 g/mol. The molecule has 0 bridgehead atoms. The molecule has 0 radical (unpaired) electrons. The van der Waals surface area contributed by atoms with Gasteiger partial charge >= 0.3 is 0 Å². The summed E-state index contributed by atoms with van der Waals surface area (Å²) in [4.78, 5) is 0. The van der Waals surface area contributed by atoms with Crippen LogP contribution in [0.15, 0.2) is 0 Å². The Balaban J connectivity index is 2.91. The van der Waals surface area contributed by atoms with Crippen molar-refractivity contribution in [1.82, 2.24) is 5.32 Å². The lowest BCUT2D eigenvalue weighted by molar-refractivity contribution is 0.353. The van der Waals surface area contributed by atoms with Gasteiger partial charge in [-0.25, -0.2) is 22.0 Å². The number of hydrogen-bond acceptors (Lipinski definition) is 1. The molecule has 21 heavy (non-hydrogen) atoms. The first kappa shape index (κ1) is 17.9. The van der Waals surface area contributed by atoms with Gasteiger partial charge < -0.3 is 5.32 Å². The maximum Gasteiger partial charge on any atom is 0.200 e. The van der Waals surface area contributed by atoms with Gasteiger partial charge in [-0.15, -0.1) is 0 Å². The van der Waals surface area contributed by atoms with E-state index in [0.29, 0.717) is 12.8 Å². The second kappa shape index (κ2) is 8.32. The zero-order chi connectivity index (χ0) is 16.0. The number of unbranched alkanes of at least 4 members (excludes halogenated alkanes) is 4. The Morgan fingerprint density at radius 3 is 1.71 bits per heavy atom. The molecule has 0 aliphatic carbocycles. The predicted octanol–water partition coefficient (Wildman–Crippen LogP) is 5.00. The van der Waals surface area contributed by atoms with Crippen molar-refractivity contribution in [2.45, 2.75) is 51.5 Å². The van der Waals surface area contributed by atoms with Crippen molar-refractivity contribution in [3.05, 3.63) is 34.6 Å². The van der Waals surface area contributed by atoms with Gasteiger partial charge in [0.25, 0.3) is 0 Å². The second-order valence-electron chi connectivity index (χ2n) is 5.03. The van der Waals surface area contributed by atoms with Gasteiger partial charge in [0.15, 0.2) is 23.3 Å². The molecule has 120 valence electrons. The van der Waals surface area contributed by atoms with Gasteiger partial charge in [0.1, 0.15) is 0 Å². The maximum absolute atomic E-state index is 13.7. The van der Waals surface area contributed by atoms with Crippen LogP contribution in [0.2, 0.25) is 0 Å². The van der Waals surface area contributed by atoms with E-state index < -0.39 is 40.7 Å². The van der Waals surface area contributed by atoms with Crippen molar-refractivity contribution < 1.29 is 22.0 Å². The lowest BCUT2D eigenvalue weighted by Crippen LogP contribution is -2.21. The molecule has 0 amide bonds. The van der Waals surface area contributed by atoms with Crippen LogP contribution in [0, 0.1) is 29.1 Å². The molecule has 1 aromatic carbocycles. The molecule has 0 spiro atoms. The Kier molecular flexibility index (Phi) is 7.08. The molecule has 0 fully saturated rings. The average molecular weight is 309 g/mol. The highest BCUT2D eigenvalue weighted by Crippen LogP contribution is 2.30. The third-order valence-corrected chi connectivity index (χ3v) is 3.54. The van der Waals surface area contributed by atoms with Crippen LogP contribution in [0.5, 0.6) is 0 Å². The van der Waals surface area contributed by atoms with E-state index >= 15 is 0 Å². The average Bonchev–Trinajstić information content (AvgIpc) is 2.49. The fourth-order valence-electron chi connectivity index (χ4n) is 2.31. The summed E-state index contributed by atoms with van der Waals surface area (Å²) < 4.78 is 66.8. The maximum atomic E-state index is 13.7. The standard InChI is InChI=1S/C15H20F5N/c1-3-4-5-6-7-8-9(21-2)10-11(16)13(18)15(20)14(19)12(10)17/h9,21H,3-8H2,1-2H3. The summed E-state index contributed by atoms with van der Waals surface area (Å²) in [5.41, 5.74) is -0.774. The summed E-state index contributed by atoms with van der Waals surface area (Å²) in [6, 6.07) is -0.892. The number of hydrogen-bond donors (Lipinski definition) is 1. The normalized spacial score (nSPS) is 12.7. The Morgan fingerprint density at radius 2 is 1.24 bits per heavy atom. The van der Waals surface area contributed by atoms with E-state index in [9.17, 15) is 22.0 Å². The molecular formula is C15H20F5N.